The Morgan fingerprint density at radius 3 is 2.56 bits per heavy atom. The average molecular weight is 420 g/mol. The summed E-state index contributed by atoms with van der Waals surface area (Å²) in [6.07, 6.45) is 0. The number of para-hydroxylation sites is 2. The van der Waals surface area contributed by atoms with E-state index in [0.29, 0.717) is 16.6 Å². The Kier molecular flexibility index (Phi) is 5.62. The van der Waals surface area contributed by atoms with Gasteiger partial charge in [0, 0.05) is 10.0 Å². The number of ether oxygens (including phenoxy) is 2. The van der Waals surface area contributed by atoms with Crippen LogP contribution in [0.15, 0.2) is 53.0 Å². The molecule has 0 spiro atoms. The molecule has 0 aliphatic heterocycles. The lowest BCUT2D eigenvalue weighted by molar-refractivity contribution is -0.118. The van der Waals surface area contributed by atoms with Crippen molar-refractivity contribution in [2.24, 2.45) is 0 Å². The molecular formula is C17H14BrN3O3S. The number of hydrogen-bond donors (Lipinski definition) is 1. The summed E-state index contributed by atoms with van der Waals surface area (Å²) in [7, 11) is 1.55. The van der Waals surface area contributed by atoms with Gasteiger partial charge in [-0.1, -0.05) is 51.5 Å². The summed E-state index contributed by atoms with van der Waals surface area (Å²) in [5.41, 5.74) is 0.937. The quantitative estimate of drug-likeness (QED) is 0.653. The van der Waals surface area contributed by atoms with Crippen molar-refractivity contribution in [3.8, 4) is 22.1 Å². The molecule has 1 amide bonds. The number of carbonyl (C=O) groups excluding carboxylic acids is 1. The summed E-state index contributed by atoms with van der Waals surface area (Å²) < 4.78 is 11.6. The Bertz CT molecular complexity index is 868. The molecule has 2 aromatic carbocycles. The summed E-state index contributed by atoms with van der Waals surface area (Å²) in [5.74, 6) is 0.765. The van der Waals surface area contributed by atoms with Gasteiger partial charge >= 0.3 is 0 Å². The zero-order valence-corrected chi connectivity index (χ0v) is 15.6. The predicted octanol–water partition coefficient (Wildman–Crippen LogP) is 3.99. The van der Waals surface area contributed by atoms with Crippen LogP contribution in [0.3, 0.4) is 0 Å². The van der Waals surface area contributed by atoms with Crippen LogP contribution >= 0.6 is 27.3 Å². The van der Waals surface area contributed by atoms with Gasteiger partial charge in [0.1, 0.15) is 5.01 Å². The maximum absolute atomic E-state index is 12.0. The standard InChI is InChI=1S/C17H14BrN3O3S/c1-23-13-4-2-3-5-14(13)24-10-15(22)19-17-21-20-16(25-17)11-6-8-12(18)9-7-11/h2-9H,10H2,1H3,(H,19,21,22). The van der Waals surface area contributed by atoms with Crippen LogP contribution in [0.2, 0.25) is 0 Å². The second-order valence-electron chi connectivity index (χ2n) is 4.91. The van der Waals surface area contributed by atoms with E-state index in [4.69, 9.17) is 9.47 Å². The minimum Gasteiger partial charge on any atom is -0.493 e. The molecule has 0 saturated heterocycles. The Hall–Kier alpha value is -2.45. The molecule has 0 radical (unpaired) electrons. The molecule has 0 aliphatic carbocycles. The Morgan fingerprint density at radius 2 is 1.84 bits per heavy atom. The predicted molar refractivity (Wildman–Crippen MR) is 100 cm³/mol. The van der Waals surface area contributed by atoms with Gasteiger partial charge in [-0.2, -0.15) is 0 Å². The van der Waals surface area contributed by atoms with E-state index in [2.05, 4.69) is 31.4 Å². The van der Waals surface area contributed by atoms with Crippen molar-refractivity contribution in [3.63, 3.8) is 0 Å². The number of nitrogens with zero attached hydrogens (tertiary/aromatic N) is 2. The van der Waals surface area contributed by atoms with Crippen LogP contribution in [0, 0.1) is 0 Å². The number of hydrogen-bond acceptors (Lipinski definition) is 6. The first-order valence-electron chi connectivity index (χ1n) is 7.31. The Morgan fingerprint density at radius 1 is 1.12 bits per heavy atom. The normalized spacial score (nSPS) is 10.3. The largest absolute Gasteiger partial charge is 0.493 e. The second kappa shape index (κ2) is 8.09. The second-order valence-corrected chi connectivity index (χ2v) is 6.80. The van der Waals surface area contributed by atoms with Crippen LogP contribution in [0.1, 0.15) is 0 Å². The van der Waals surface area contributed by atoms with Gasteiger partial charge in [-0.05, 0) is 24.3 Å². The fraction of sp³-hybridized carbons (Fsp3) is 0.118. The van der Waals surface area contributed by atoms with Gasteiger partial charge in [0.2, 0.25) is 5.13 Å². The first-order valence-corrected chi connectivity index (χ1v) is 8.92. The Labute approximate surface area is 156 Å². The molecule has 6 nitrogen and oxygen atoms in total. The molecule has 128 valence electrons. The first kappa shape index (κ1) is 17.4. The summed E-state index contributed by atoms with van der Waals surface area (Å²) in [6, 6.07) is 14.9. The topological polar surface area (TPSA) is 73.3 Å². The maximum Gasteiger partial charge on any atom is 0.264 e. The number of methoxy groups -OCH3 is 1. The highest BCUT2D eigenvalue weighted by Gasteiger charge is 2.11. The third-order valence-electron chi connectivity index (χ3n) is 3.19. The lowest BCUT2D eigenvalue weighted by Crippen LogP contribution is -2.20. The van der Waals surface area contributed by atoms with E-state index in [1.807, 2.05) is 36.4 Å². The monoisotopic (exact) mass is 419 g/mol. The molecular weight excluding hydrogens is 406 g/mol. The van der Waals surface area contributed by atoms with E-state index in [9.17, 15) is 4.79 Å². The zero-order valence-electron chi connectivity index (χ0n) is 13.2. The third-order valence-corrected chi connectivity index (χ3v) is 4.61. The molecule has 0 bridgehead atoms. The van der Waals surface area contributed by atoms with Gasteiger partial charge in [-0.25, -0.2) is 0 Å². The van der Waals surface area contributed by atoms with E-state index < -0.39 is 0 Å². The van der Waals surface area contributed by atoms with Crippen LogP contribution in [0.5, 0.6) is 11.5 Å². The smallest absolute Gasteiger partial charge is 0.264 e. The van der Waals surface area contributed by atoms with Gasteiger partial charge in [0.15, 0.2) is 18.1 Å². The van der Waals surface area contributed by atoms with Crippen molar-refractivity contribution in [3.05, 3.63) is 53.0 Å². The molecule has 0 aliphatic rings. The number of nitrogens with one attached hydrogen (secondary N) is 1. The highest BCUT2D eigenvalue weighted by Crippen LogP contribution is 2.28. The van der Waals surface area contributed by atoms with E-state index in [0.717, 1.165) is 15.0 Å². The summed E-state index contributed by atoms with van der Waals surface area (Å²) in [5, 5.41) is 11.9. The number of amides is 1. The van der Waals surface area contributed by atoms with E-state index in [-0.39, 0.29) is 12.5 Å². The van der Waals surface area contributed by atoms with Crippen LogP contribution in [0.4, 0.5) is 5.13 Å². The number of aromatic nitrogens is 2. The minimum atomic E-state index is -0.315. The molecule has 0 saturated carbocycles. The van der Waals surface area contributed by atoms with Gasteiger partial charge in [0.05, 0.1) is 7.11 Å². The molecule has 1 heterocycles. The first-order chi connectivity index (χ1) is 12.2. The fourth-order valence-electron chi connectivity index (χ4n) is 2.02. The van der Waals surface area contributed by atoms with Crippen LogP contribution in [-0.2, 0) is 4.79 Å². The number of benzene rings is 2. The lowest BCUT2D eigenvalue weighted by atomic mass is 10.2. The fourth-order valence-corrected chi connectivity index (χ4v) is 3.05. The summed E-state index contributed by atoms with van der Waals surface area (Å²) >= 11 is 4.69. The van der Waals surface area contributed by atoms with Crippen LogP contribution in [0.25, 0.3) is 10.6 Å². The summed E-state index contributed by atoms with van der Waals surface area (Å²) in [4.78, 5) is 12.0. The molecule has 3 aromatic rings. The van der Waals surface area contributed by atoms with Crippen LogP contribution in [-0.4, -0.2) is 29.8 Å². The van der Waals surface area contributed by atoms with Gasteiger partial charge in [-0.15, -0.1) is 10.2 Å². The Balaban J connectivity index is 1.59. The molecule has 0 fully saturated rings. The van der Waals surface area contributed by atoms with Crippen molar-refractivity contribution in [1.82, 2.24) is 10.2 Å². The van der Waals surface area contributed by atoms with Gasteiger partial charge in [0.25, 0.3) is 5.91 Å². The number of rotatable bonds is 6. The van der Waals surface area contributed by atoms with Crippen molar-refractivity contribution < 1.29 is 14.3 Å². The lowest BCUT2D eigenvalue weighted by Gasteiger charge is -2.09. The zero-order chi connectivity index (χ0) is 17.6. The number of anilines is 1. The van der Waals surface area contributed by atoms with E-state index in [1.165, 1.54) is 11.3 Å². The molecule has 8 heteroatoms. The minimum absolute atomic E-state index is 0.145. The average Bonchev–Trinajstić information content (AvgIpc) is 3.09. The van der Waals surface area contributed by atoms with E-state index in [1.54, 1.807) is 19.2 Å². The van der Waals surface area contributed by atoms with Crippen molar-refractivity contribution in [2.75, 3.05) is 19.0 Å². The maximum atomic E-state index is 12.0. The highest BCUT2D eigenvalue weighted by atomic mass is 79.9. The van der Waals surface area contributed by atoms with Gasteiger partial charge < -0.3 is 9.47 Å². The molecule has 0 atom stereocenters. The number of carbonyl (C=O) groups is 1. The van der Waals surface area contributed by atoms with Gasteiger partial charge in [-0.3, -0.25) is 10.1 Å². The molecule has 3 rings (SSSR count). The van der Waals surface area contributed by atoms with Crippen molar-refractivity contribution in [2.45, 2.75) is 0 Å². The molecule has 0 unspecified atom stereocenters. The summed E-state index contributed by atoms with van der Waals surface area (Å²) in [6.45, 7) is -0.145. The molecule has 1 N–H and O–H groups in total. The SMILES string of the molecule is COc1ccccc1OCC(=O)Nc1nnc(-c2ccc(Br)cc2)s1. The van der Waals surface area contributed by atoms with Crippen LogP contribution < -0.4 is 14.8 Å². The van der Waals surface area contributed by atoms with E-state index >= 15 is 0 Å². The van der Waals surface area contributed by atoms with Crippen molar-refractivity contribution >= 4 is 38.3 Å². The van der Waals surface area contributed by atoms with Crippen molar-refractivity contribution in [1.29, 1.82) is 0 Å². The molecule has 1 aromatic heterocycles. The highest BCUT2D eigenvalue weighted by molar-refractivity contribution is 9.10. The third kappa shape index (κ3) is 4.55. The number of halogens is 1. The molecule has 25 heavy (non-hydrogen) atoms.